The lowest BCUT2D eigenvalue weighted by Crippen LogP contribution is -2.13. The fourth-order valence-corrected chi connectivity index (χ4v) is 1.70. The molecule has 1 heterocycles. The van der Waals surface area contributed by atoms with Crippen LogP contribution in [0.5, 0.6) is 0 Å². The van der Waals surface area contributed by atoms with Crippen LogP contribution in [0.2, 0.25) is 0 Å². The molecule has 0 fully saturated rings. The van der Waals surface area contributed by atoms with Crippen LogP contribution in [-0.2, 0) is 6.61 Å². The quantitative estimate of drug-likeness (QED) is 0.744. The number of hydrogen-bond donors (Lipinski definition) is 2. The SMILES string of the molecule is CC#Cc1cc(CO)c(F)c2[nH]c(=O)c(C)nc12. The molecule has 0 saturated carbocycles. The zero-order valence-electron chi connectivity index (χ0n) is 9.97. The van der Waals surface area contributed by atoms with Gasteiger partial charge in [0.25, 0.3) is 5.56 Å². The molecule has 2 rings (SSSR count). The maximum atomic E-state index is 14.0. The fourth-order valence-electron chi connectivity index (χ4n) is 1.70. The summed E-state index contributed by atoms with van der Waals surface area (Å²) in [5.41, 5.74) is 0.648. The monoisotopic (exact) mass is 246 g/mol. The lowest BCUT2D eigenvalue weighted by molar-refractivity contribution is 0.276. The molecular weight excluding hydrogens is 235 g/mol. The molecule has 0 aliphatic carbocycles. The summed E-state index contributed by atoms with van der Waals surface area (Å²) in [5.74, 6) is 4.81. The summed E-state index contributed by atoms with van der Waals surface area (Å²) >= 11 is 0. The highest BCUT2D eigenvalue weighted by molar-refractivity contribution is 5.82. The zero-order chi connectivity index (χ0) is 13.3. The number of aromatic nitrogens is 2. The van der Waals surface area contributed by atoms with Crippen LogP contribution in [0.4, 0.5) is 4.39 Å². The molecule has 0 saturated heterocycles. The molecule has 0 aliphatic heterocycles. The van der Waals surface area contributed by atoms with Crippen molar-refractivity contribution in [3.63, 3.8) is 0 Å². The van der Waals surface area contributed by atoms with Crippen molar-refractivity contribution in [2.75, 3.05) is 0 Å². The first kappa shape index (κ1) is 12.3. The van der Waals surface area contributed by atoms with Crippen LogP contribution in [-0.4, -0.2) is 15.1 Å². The Bertz CT molecular complexity index is 738. The zero-order valence-corrected chi connectivity index (χ0v) is 9.97. The van der Waals surface area contributed by atoms with Crippen molar-refractivity contribution in [2.45, 2.75) is 20.5 Å². The van der Waals surface area contributed by atoms with Crippen LogP contribution >= 0.6 is 0 Å². The van der Waals surface area contributed by atoms with Gasteiger partial charge in [0.2, 0.25) is 0 Å². The number of nitrogens with zero attached hydrogens (tertiary/aromatic N) is 1. The van der Waals surface area contributed by atoms with Crippen molar-refractivity contribution in [1.29, 1.82) is 0 Å². The third kappa shape index (κ3) is 1.87. The molecule has 1 aromatic carbocycles. The molecular formula is C13H11FN2O2. The predicted molar refractivity (Wildman–Crippen MR) is 65.5 cm³/mol. The van der Waals surface area contributed by atoms with E-state index >= 15 is 0 Å². The Balaban J connectivity index is 2.99. The molecule has 92 valence electrons. The maximum Gasteiger partial charge on any atom is 0.269 e. The molecule has 2 aromatic rings. The molecule has 0 aliphatic rings. The first-order valence-corrected chi connectivity index (χ1v) is 5.34. The number of aromatic amines is 1. The first-order chi connectivity index (χ1) is 8.58. The van der Waals surface area contributed by atoms with Crippen molar-refractivity contribution >= 4 is 11.0 Å². The number of H-pyrrole nitrogens is 1. The Morgan fingerprint density at radius 2 is 2.28 bits per heavy atom. The molecule has 0 amide bonds. The molecule has 0 atom stereocenters. The van der Waals surface area contributed by atoms with E-state index in [-0.39, 0.29) is 16.8 Å². The Hall–Kier alpha value is -2.19. The molecule has 0 spiro atoms. The number of hydrogen-bond acceptors (Lipinski definition) is 3. The van der Waals surface area contributed by atoms with Gasteiger partial charge in [0, 0.05) is 5.56 Å². The van der Waals surface area contributed by atoms with E-state index in [1.54, 1.807) is 13.8 Å². The van der Waals surface area contributed by atoms with Crippen LogP contribution in [0.15, 0.2) is 10.9 Å². The van der Waals surface area contributed by atoms with Crippen molar-refractivity contribution in [2.24, 2.45) is 0 Å². The van der Waals surface area contributed by atoms with Crippen molar-refractivity contribution in [3.8, 4) is 11.8 Å². The van der Waals surface area contributed by atoms with Gasteiger partial charge in [-0.1, -0.05) is 5.92 Å². The van der Waals surface area contributed by atoms with Crippen LogP contribution in [0.1, 0.15) is 23.7 Å². The van der Waals surface area contributed by atoms with Gasteiger partial charge in [-0.2, -0.15) is 0 Å². The molecule has 0 radical (unpaired) electrons. The lowest BCUT2D eigenvalue weighted by Gasteiger charge is -2.06. The summed E-state index contributed by atoms with van der Waals surface area (Å²) in [6.07, 6.45) is 0. The van der Waals surface area contributed by atoms with E-state index in [1.807, 2.05) is 0 Å². The second kappa shape index (κ2) is 4.59. The highest BCUT2D eigenvalue weighted by Gasteiger charge is 2.13. The summed E-state index contributed by atoms with van der Waals surface area (Å²) < 4.78 is 14.0. The highest BCUT2D eigenvalue weighted by atomic mass is 19.1. The average Bonchev–Trinajstić information content (AvgIpc) is 2.35. The molecule has 2 N–H and O–H groups in total. The minimum absolute atomic E-state index is 0.0186. The largest absolute Gasteiger partial charge is 0.392 e. The average molecular weight is 246 g/mol. The van der Waals surface area contributed by atoms with E-state index in [9.17, 15) is 9.18 Å². The number of fused-ring (bicyclic) bond motifs is 1. The Kier molecular flexibility index (Phi) is 3.13. The molecule has 5 heteroatoms. The minimum Gasteiger partial charge on any atom is -0.392 e. The number of aliphatic hydroxyl groups excluding tert-OH is 1. The number of aliphatic hydroxyl groups is 1. The van der Waals surface area contributed by atoms with Crippen LogP contribution < -0.4 is 5.56 Å². The van der Waals surface area contributed by atoms with Gasteiger partial charge in [0.05, 0.1) is 12.2 Å². The van der Waals surface area contributed by atoms with E-state index < -0.39 is 18.0 Å². The van der Waals surface area contributed by atoms with Crippen molar-refractivity contribution in [3.05, 3.63) is 39.1 Å². The Morgan fingerprint density at radius 3 is 2.89 bits per heavy atom. The number of nitrogens with one attached hydrogen (secondary N) is 1. The summed E-state index contributed by atoms with van der Waals surface area (Å²) in [6, 6.07) is 1.44. The Morgan fingerprint density at radius 1 is 1.56 bits per heavy atom. The van der Waals surface area contributed by atoms with Gasteiger partial charge in [-0.3, -0.25) is 4.79 Å². The first-order valence-electron chi connectivity index (χ1n) is 5.34. The van der Waals surface area contributed by atoms with Gasteiger partial charge in [-0.25, -0.2) is 9.37 Å². The van der Waals surface area contributed by atoms with Gasteiger partial charge < -0.3 is 10.1 Å². The minimum atomic E-state index is -0.668. The normalized spacial score (nSPS) is 10.2. The van der Waals surface area contributed by atoms with Gasteiger partial charge in [-0.15, -0.1) is 5.92 Å². The number of benzene rings is 1. The Labute approximate surface area is 102 Å². The molecule has 4 nitrogen and oxygen atoms in total. The molecule has 1 aromatic heterocycles. The van der Waals surface area contributed by atoms with Crippen LogP contribution in [0.3, 0.4) is 0 Å². The van der Waals surface area contributed by atoms with Crippen molar-refractivity contribution < 1.29 is 9.50 Å². The second-order valence-electron chi connectivity index (χ2n) is 3.81. The summed E-state index contributed by atoms with van der Waals surface area (Å²) in [7, 11) is 0. The smallest absolute Gasteiger partial charge is 0.269 e. The number of rotatable bonds is 1. The molecule has 0 unspecified atom stereocenters. The maximum absolute atomic E-state index is 14.0. The molecule has 18 heavy (non-hydrogen) atoms. The van der Waals surface area contributed by atoms with E-state index in [0.717, 1.165) is 0 Å². The number of halogens is 1. The fraction of sp³-hybridized carbons (Fsp3) is 0.231. The predicted octanol–water partition coefficient (Wildman–Crippen LogP) is 1.23. The van der Waals surface area contributed by atoms with Crippen molar-refractivity contribution in [1.82, 2.24) is 9.97 Å². The third-order valence-electron chi connectivity index (χ3n) is 2.59. The highest BCUT2D eigenvalue weighted by Crippen LogP contribution is 2.21. The van der Waals surface area contributed by atoms with E-state index in [2.05, 4.69) is 21.8 Å². The van der Waals surface area contributed by atoms with E-state index in [1.165, 1.54) is 6.07 Å². The van der Waals surface area contributed by atoms with E-state index in [0.29, 0.717) is 11.1 Å². The van der Waals surface area contributed by atoms with Gasteiger partial charge >= 0.3 is 0 Å². The summed E-state index contributed by atoms with van der Waals surface area (Å²) in [4.78, 5) is 18.0. The summed E-state index contributed by atoms with van der Waals surface area (Å²) in [5, 5.41) is 9.09. The number of aryl methyl sites for hydroxylation is 1. The van der Waals surface area contributed by atoms with E-state index in [4.69, 9.17) is 5.11 Å². The molecule has 0 bridgehead atoms. The summed E-state index contributed by atoms with van der Waals surface area (Å²) in [6.45, 7) is 2.72. The van der Waals surface area contributed by atoms with Gasteiger partial charge in [0.15, 0.2) is 5.82 Å². The van der Waals surface area contributed by atoms with Crippen LogP contribution in [0.25, 0.3) is 11.0 Å². The van der Waals surface area contributed by atoms with Crippen LogP contribution in [0, 0.1) is 24.6 Å². The van der Waals surface area contributed by atoms with Gasteiger partial charge in [-0.05, 0) is 19.9 Å². The van der Waals surface area contributed by atoms with Gasteiger partial charge in [0.1, 0.15) is 16.7 Å². The third-order valence-corrected chi connectivity index (χ3v) is 2.59. The lowest BCUT2D eigenvalue weighted by atomic mass is 10.1. The second-order valence-corrected chi connectivity index (χ2v) is 3.81. The topological polar surface area (TPSA) is 66.0 Å². The standard InChI is InChI=1S/C13H11FN2O2/c1-3-4-8-5-9(6-17)10(14)12-11(8)15-7(2)13(18)16-12/h5,17H,6H2,1-2H3,(H,16,18).